The van der Waals surface area contributed by atoms with Crippen LogP contribution in [0.25, 0.3) is 0 Å². The minimum Gasteiger partial charge on any atom is -0.449 e. The predicted octanol–water partition coefficient (Wildman–Crippen LogP) is 2.12. The lowest BCUT2D eigenvalue weighted by Crippen LogP contribution is -2.34. The first kappa shape index (κ1) is 13.7. The normalized spacial score (nSPS) is 18.8. The van der Waals surface area contributed by atoms with Gasteiger partial charge in [-0.1, -0.05) is 6.92 Å². The molecule has 5 heteroatoms. The molecule has 2 unspecified atom stereocenters. The number of carbonyl (C=O) groups is 1. The minimum atomic E-state index is -0.663. The quantitative estimate of drug-likeness (QED) is 0.877. The summed E-state index contributed by atoms with van der Waals surface area (Å²) in [6.45, 7) is 7.29. The van der Waals surface area contributed by atoms with Crippen LogP contribution in [0.3, 0.4) is 0 Å². The second-order valence-electron chi connectivity index (χ2n) is 5.40. The van der Waals surface area contributed by atoms with Gasteiger partial charge in [-0.3, -0.25) is 4.79 Å². The molecule has 104 valence electrons. The maximum Gasteiger partial charge on any atom is 0.246 e. The summed E-state index contributed by atoms with van der Waals surface area (Å²) in [4.78, 5) is 11.9. The average Bonchev–Trinajstić information content (AvgIpc) is 2.60. The third kappa shape index (κ3) is 2.98. The van der Waals surface area contributed by atoms with Gasteiger partial charge in [0.1, 0.15) is 0 Å². The molecule has 0 fully saturated rings. The van der Waals surface area contributed by atoms with Gasteiger partial charge in [-0.05, 0) is 19.1 Å². The molecule has 1 aromatic rings. The van der Waals surface area contributed by atoms with Crippen LogP contribution in [0.2, 0.25) is 0 Å². The second-order valence-corrected chi connectivity index (χ2v) is 5.40. The minimum absolute atomic E-state index is 0.104. The van der Waals surface area contributed by atoms with Gasteiger partial charge in [-0.2, -0.15) is 0 Å². The molecule has 5 nitrogen and oxygen atoms in total. The highest BCUT2D eigenvalue weighted by molar-refractivity contribution is 5.93. The highest BCUT2D eigenvalue weighted by Gasteiger charge is 2.31. The number of fused-ring (bicyclic) bond motifs is 1. The largest absolute Gasteiger partial charge is 0.449 e. The standard InChI is InChI=1S/C14H20N2O3/c1-8(9(2)15)13(17)16-10-5-6-11-12(7-10)19-14(3,4)18-11/h5-9H,15H2,1-4H3,(H,16,17). The van der Waals surface area contributed by atoms with Crippen molar-refractivity contribution < 1.29 is 14.3 Å². The first-order valence-corrected chi connectivity index (χ1v) is 6.37. The molecule has 2 atom stereocenters. The number of carbonyl (C=O) groups excluding carboxylic acids is 1. The third-order valence-electron chi connectivity index (χ3n) is 3.12. The van der Waals surface area contributed by atoms with E-state index in [-0.39, 0.29) is 17.9 Å². The molecular formula is C14H20N2O3. The van der Waals surface area contributed by atoms with E-state index < -0.39 is 5.79 Å². The summed E-state index contributed by atoms with van der Waals surface area (Å²) in [5.74, 6) is 0.304. The van der Waals surface area contributed by atoms with E-state index in [2.05, 4.69) is 5.32 Å². The Morgan fingerprint density at radius 3 is 2.53 bits per heavy atom. The topological polar surface area (TPSA) is 73.6 Å². The Morgan fingerprint density at radius 2 is 1.89 bits per heavy atom. The highest BCUT2D eigenvalue weighted by atomic mass is 16.7. The molecule has 0 saturated heterocycles. The molecule has 1 amide bonds. The van der Waals surface area contributed by atoms with Crippen molar-refractivity contribution in [1.29, 1.82) is 0 Å². The summed E-state index contributed by atoms with van der Waals surface area (Å²) in [6.07, 6.45) is 0. The van der Waals surface area contributed by atoms with Crippen molar-refractivity contribution in [2.75, 3.05) is 5.32 Å². The molecule has 1 aliphatic rings. The third-order valence-corrected chi connectivity index (χ3v) is 3.12. The number of amides is 1. The van der Waals surface area contributed by atoms with E-state index in [9.17, 15) is 4.79 Å². The van der Waals surface area contributed by atoms with Crippen LogP contribution in [-0.4, -0.2) is 17.7 Å². The molecule has 0 bridgehead atoms. The van der Waals surface area contributed by atoms with Crippen LogP contribution in [-0.2, 0) is 4.79 Å². The fourth-order valence-electron chi connectivity index (χ4n) is 1.80. The van der Waals surface area contributed by atoms with Gasteiger partial charge in [-0.15, -0.1) is 0 Å². The van der Waals surface area contributed by atoms with Crippen LogP contribution in [0, 0.1) is 5.92 Å². The zero-order chi connectivity index (χ0) is 14.2. The fourth-order valence-corrected chi connectivity index (χ4v) is 1.80. The Morgan fingerprint density at radius 1 is 1.26 bits per heavy atom. The maximum absolute atomic E-state index is 11.9. The van der Waals surface area contributed by atoms with Crippen LogP contribution in [0.5, 0.6) is 11.5 Å². The first-order valence-electron chi connectivity index (χ1n) is 6.37. The van der Waals surface area contributed by atoms with Gasteiger partial charge in [0.2, 0.25) is 11.7 Å². The number of benzene rings is 1. The number of nitrogens with two attached hydrogens (primary N) is 1. The second kappa shape index (κ2) is 4.74. The van der Waals surface area contributed by atoms with Crippen molar-refractivity contribution >= 4 is 11.6 Å². The lowest BCUT2D eigenvalue weighted by Gasteiger charge is -2.16. The van der Waals surface area contributed by atoms with E-state index >= 15 is 0 Å². The average molecular weight is 264 g/mol. The molecule has 0 aromatic heterocycles. The van der Waals surface area contributed by atoms with E-state index in [0.29, 0.717) is 17.2 Å². The molecule has 3 N–H and O–H groups in total. The molecule has 19 heavy (non-hydrogen) atoms. The lowest BCUT2D eigenvalue weighted by molar-refractivity contribution is -0.119. The van der Waals surface area contributed by atoms with Gasteiger partial charge in [-0.25, -0.2) is 0 Å². The Labute approximate surface area is 113 Å². The number of anilines is 1. The van der Waals surface area contributed by atoms with E-state index in [1.165, 1.54) is 0 Å². The number of nitrogens with one attached hydrogen (secondary N) is 1. The van der Waals surface area contributed by atoms with Crippen LogP contribution < -0.4 is 20.5 Å². The van der Waals surface area contributed by atoms with Crippen molar-refractivity contribution in [3.05, 3.63) is 18.2 Å². The Bertz CT molecular complexity index is 497. The number of hydrogen-bond acceptors (Lipinski definition) is 4. The van der Waals surface area contributed by atoms with Crippen LogP contribution in [0.4, 0.5) is 5.69 Å². The Kier molecular flexibility index (Phi) is 3.41. The zero-order valence-electron chi connectivity index (χ0n) is 11.7. The van der Waals surface area contributed by atoms with Crippen molar-refractivity contribution in [2.24, 2.45) is 11.7 Å². The van der Waals surface area contributed by atoms with E-state index in [1.807, 2.05) is 20.8 Å². The zero-order valence-corrected chi connectivity index (χ0v) is 11.7. The monoisotopic (exact) mass is 264 g/mol. The van der Waals surface area contributed by atoms with E-state index in [0.717, 1.165) is 0 Å². The molecule has 1 heterocycles. The molecular weight excluding hydrogens is 244 g/mol. The summed E-state index contributed by atoms with van der Waals surface area (Å²) >= 11 is 0. The van der Waals surface area contributed by atoms with Gasteiger partial charge in [0, 0.05) is 31.6 Å². The number of rotatable bonds is 3. The molecule has 0 radical (unpaired) electrons. The van der Waals surface area contributed by atoms with Gasteiger partial charge in [0.05, 0.1) is 5.92 Å². The SMILES string of the molecule is CC(N)C(C)C(=O)Nc1ccc2c(c1)OC(C)(C)O2. The van der Waals surface area contributed by atoms with Crippen molar-refractivity contribution in [3.8, 4) is 11.5 Å². The number of hydrogen-bond donors (Lipinski definition) is 2. The summed E-state index contributed by atoms with van der Waals surface area (Å²) in [6, 6.07) is 5.15. The Hall–Kier alpha value is -1.75. The highest BCUT2D eigenvalue weighted by Crippen LogP contribution is 2.40. The van der Waals surface area contributed by atoms with Crippen LogP contribution in [0.15, 0.2) is 18.2 Å². The molecule has 2 rings (SSSR count). The van der Waals surface area contributed by atoms with Crippen molar-refractivity contribution in [1.82, 2.24) is 0 Å². The summed E-state index contributed by atoms with van der Waals surface area (Å²) in [5.41, 5.74) is 6.39. The smallest absolute Gasteiger partial charge is 0.246 e. The number of ether oxygens (including phenoxy) is 2. The lowest BCUT2D eigenvalue weighted by atomic mass is 10.0. The maximum atomic E-state index is 11.9. The molecule has 0 aliphatic carbocycles. The fraction of sp³-hybridized carbons (Fsp3) is 0.500. The van der Waals surface area contributed by atoms with Crippen LogP contribution in [0.1, 0.15) is 27.7 Å². The van der Waals surface area contributed by atoms with Crippen molar-refractivity contribution in [3.63, 3.8) is 0 Å². The van der Waals surface area contributed by atoms with Gasteiger partial charge < -0.3 is 20.5 Å². The Balaban J connectivity index is 2.11. The molecule has 1 aromatic carbocycles. The molecule has 1 aliphatic heterocycles. The van der Waals surface area contributed by atoms with Gasteiger partial charge in [0.25, 0.3) is 0 Å². The summed E-state index contributed by atoms with van der Waals surface area (Å²) in [5, 5.41) is 2.83. The first-order chi connectivity index (χ1) is 8.78. The van der Waals surface area contributed by atoms with E-state index in [4.69, 9.17) is 15.2 Å². The predicted molar refractivity (Wildman–Crippen MR) is 73.2 cm³/mol. The van der Waals surface area contributed by atoms with Gasteiger partial charge >= 0.3 is 0 Å². The van der Waals surface area contributed by atoms with Crippen LogP contribution >= 0.6 is 0 Å². The van der Waals surface area contributed by atoms with E-state index in [1.54, 1.807) is 25.1 Å². The molecule has 0 saturated carbocycles. The van der Waals surface area contributed by atoms with Gasteiger partial charge in [0.15, 0.2) is 11.5 Å². The summed E-state index contributed by atoms with van der Waals surface area (Å²) in [7, 11) is 0. The molecule has 0 spiro atoms. The van der Waals surface area contributed by atoms with Crippen molar-refractivity contribution in [2.45, 2.75) is 39.5 Å². The summed E-state index contributed by atoms with van der Waals surface area (Å²) < 4.78 is 11.2.